The Bertz CT molecular complexity index is 367. The average Bonchev–Trinajstić information content (AvgIpc) is 2.77. The monoisotopic (exact) mass is 209 g/mol. The second-order valence-corrected chi connectivity index (χ2v) is 4.36. The molecule has 0 saturated heterocycles. The molecule has 2 N–H and O–H groups in total. The van der Waals surface area contributed by atoms with Gasteiger partial charge in [-0.1, -0.05) is 6.07 Å². The van der Waals surface area contributed by atoms with E-state index in [0.717, 1.165) is 30.1 Å². The van der Waals surface area contributed by atoms with Crippen LogP contribution >= 0.6 is 11.3 Å². The quantitative estimate of drug-likeness (QED) is 0.598. The van der Waals surface area contributed by atoms with Crippen LogP contribution in [0.3, 0.4) is 0 Å². The van der Waals surface area contributed by atoms with Gasteiger partial charge in [-0.05, 0) is 17.9 Å². The Kier molecular flexibility index (Phi) is 2.63. The van der Waals surface area contributed by atoms with Crippen molar-refractivity contribution < 1.29 is 9.37 Å². The van der Waals surface area contributed by atoms with Crippen LogP contribution in [0.25, 0.3) is 0 Å². The third-order valence-corrected chi connectivity index (χ3v) is 3.31. The fourth-order valence-electron chi connectivity index (χ4n) is 1.62. The minimum Gasteiger partial charge on any atom is -0.291 e. The summed E-state index contributed by atoms with van der Waals surface area (Å²) in [5.41, 5.74) is 5.77. The molecule has 1 aromatic heterocycles. The Morgan fingerprint density at radius 3 is 3.07 bits per heavy atom. The lowest BCUT2D eigenvalue weighted by molar-refractivity contribution is -0.507. The van der Waals surface area contributed by atoms with E-state index in [4.69, 9.17) is 5.73 Å². The van der Waals surface area contributed by atoms with Gasteiger partial charge in [0.25, 0.3) is 0 Å². The van der Waals surface area contributed by atoms with Crippen LogP contribution in [0.15, 0.2) is 17.5 Å². The van der Waals surface area contributed by atoms with Gasteiger partial charge in [-0.3, -0.25) is 15.1 Å². The van der Waals surface area contributed by atoms with E-state index >= 15 is 0 Å². The van der Waals surface area contributed by atoms with Crippen molar-refractivity contribution in [1.29, 1.82) is 0 Å². The number of nitrogens with two attached hydrogens (primary N) is 1. The molecular weight excluding hydrogens is 196 g/mol. The van der Waals surface area contributed by atoms with Gasteiger partial charge in [0.2, 0.25) is 11.6 Å². The van der Waals surface area contributed by atoms with E-state index in [1.807, 2.05) is 22.1 Å². The molecule has 3 nitrogen and oxygen atoms in total. The fourth-order valence-corrected chi connectivity index (χ4v) is 2.28. The maximum Gasteiger partial charge on any atom is 0.243 e. The summed E-state index contributed by atoms with van der Waals surface area (Å²) in [5, 5.41) is 1.92. The number of hydrogen-bond acceptors (Lipinski definition) is 3. The molecule has 0 aromatic carbocycles. The van der Waals surface area contributed by atoms with E-state index in [2.05, 4.69) is 0 Å². The summed E-state index contributed by atoms with van der Waals surface area (Å²) in [7, 11) is 0. The van der Waals surface area contributed by atoms with Crippen LogP contribution in [-0.4, -0.2) is 29.3 Å². The molecule has 0 radical (unpaired) electrons. The number of carbonyl (C=O) groups is 1. The van der Waals surface area contributed by atoms with Crippen molar-refractivity contribution in [3.8, 4) is 0 Å². The van der Waals surface area contributed by atoms with Gasteiger partial charge < -0.3 is 0 Å². The predicted octanol–water partition coefficient (Wildman–Crippen LogP) is 1.09. The van der Waals surface area contributed by atoms with E-state index in [0.29, 0.717) is 6.54 Å². The van der Waals surface area contributed by atoms with Crippen molar-refractivity contribution in [2.24, 2.45) is 5.73 Å². The Hall–Kier alpha value is -1.16. The molecule has 1 aliphatic heterocycles. The molecule has 0 unspecified atom stereocenters. The largest absolute Gasteiger partial charge is 0.291 e. The number of Topliss-reactive ketones (excluding diaryl/α,β-unsaturated/α-hetero) is 1. The number of rotatable bonds is 3. The number of amidine groups is 1. The molecule has 14 heavy (non-hydrogen) atoms. The van der Waals surface area contributed by atoms with E-state index in [-0.39, 0.29) is 5.78 Å². The first-order valence-electron chi connectivity index (χ1n) is 4.70. The number of thiophene rings is 1. The third-order valence-electron chi connectivity index (χ3n) is 2.40. The van der Waals surface area contributed by atoms with Crippen molar-refractivity contribution >= 4 is 23.0 Å². The van der Waals surface area contributed by atoms with Gasteiger partial charge in [-0.2, -0.15) is 0 Å². The molecule has 2 rings (SSSR count). The Morgan fingerprint density at radius 1 is 1.64 bits per heavy atom. The van der Waals surface area contributed by atoms with Gasteiger partial charge in [0.15, 0.2) is 0 Å². The van der Waals surface area contributed by atoms with Gasteiger partial charge in [0.05, 0.1) is 17.8 Å². The lowest BCUT2D eigenvalue weighted by atomic mass is 10.3. The highest BCUT2D eigenvalue weighted by molar-refractivity contribution is 7.12. The zero-order chi connectivity index (χ0) is 9.97. The maximum atomic E-state index is 11.7. The average molecular weight is 209 g/mol. The lowest BCUT2D eigenvalue weighted by Crippen LogP contribution is -2.27. The molecule has 2 heterocycles. The fraction of sp³-hybridized carbons (Fsp3) is 0.400. The first-order chi connectivity index (χ1) is 6.77. The molecule has 0 bridgehead atoms. The number of carbonyl (C=O) groups excluding carboxylic acids is 1. The molecule has 0 amide bonds. The molecule has 1 aromatic rings. The molecule has 4 heteroatoms. The van der Waals surface area contributed by atoms with Crippen LogP contribution in [0.2, 0.25) is 0 Å². The summed E-state index contributed by atoms with van der Waals surface area (Å²) < 4.78 is 1.97. The second-order valence-electron chi connectivity index (χ2n) is 3.42. The van der Waals surface area contributed by atoms with Gasteiger partial charge in [-0.25, -0.2) is 0 Å². The van der Waals surface area contributed by atoms with Crippen LogP contribution < -0.4 is 5.73 Å². The highest BCUT2D eigenvalue weighted by Gasteiger charge is 2.20. The number of nitrogens with zero attached hydrogens (tertiary/aromatic N) is 1. The van der Waals surface area contributed by atoms with Crippen LogP contribution in [-0.2, 0) is 0 Å². The summed E-state index contributed by atoms with van der Waals surface area (Å²) in [6.07, 6.45) is 2.00. The standard InChI is InChI=1S/C10H12N2OS/c11-10-4-1-5-12(10)7-8(13)9-3-2-6-14-9/h2-3,6,11H,1,4-5,7H2/p+1. The predicted molar refractivity (Wildman–Crippen MR) is 57.1 cm³/mol. The van der Waals surface area contributed by atoms with E-state index in [9.17, 15) is 4.79 Å². The van der Waals surface area contributed by atoms with Crippen molar-refractivity contribution in [1.82, 2.24) is 0 Å². The first-order valence-corrected chi connectivity index (χ1v) is 5.58. The highest BCUT2D eigenvalue weighted by Crippen LogP contribution is 2.10. The Balaban J connectivity index is 2.05. The van der Waals surface area contributed by atoms with Gasteiger partial charge in [0.1, 0.15) is 6.54 Å². The maximum absolute atomic E-state index is 11.7. The van der Waals surface area contributed by atoms with Crippen molar-refractivity contribution in [2.75, 3.05) is 13.1 Å². The van der Waals surface area contributed by atoms with E-state index < -0.39 is 0 Å². The summed E-state index contributed by atoms with van der Waals surface area (Å²) in [4.78, 5) is 12.5. The van der Waals surface area contributed by atoms with E-state index in [1.54, 1.807) is 0 Å². The minimum absolute atomic E-state index is 0.171. The zero-order valence-electron chi connectivity index (χ0n) is 7.90. The number of ketones is 1. The van der Waals surface area contributed by atoms with Crippen molar-refractivity contribution in [3.05, 3.63) is 22.4 Å². The molecular formula is C10H13N2OS+. The Labute approximate surface area is 86.9 Å². The summed E-state index contributed by atoms with van der Waals surface area (Å²) in [6.45, 7) is 1.36. The summed E-state index contributed by atoms with van der Waals surface area (Å²) in [6, 6.07) is 3.76. The molecule has 0 saturated carbocycles. The molecule has 0 fully saturated rings. The Morgan fingerprint density at radius 2 is 2.50 bits per heavy atom. The molecule has 74 valence electrons. The lowest BCUT2D eigenvalue weighted by Gasteiger charge is -2.00. The highest BCUT2D eigenvalue weighted by atomic mass is 32.1. The minimum atomic E-state index is 0.171. The van der Waals surface area contributed by atoms with Crippen LogP contribution in [0.5, 0.6) is 0 Å². The molecule has 0 atom stereocenters. The van der Waals surface area contributed by atoms with Gasteiger partial charge >= 0.3 is 0 Å². The summed E-state index contributed by atoms with van der Waals surface area (Å²) in [5.74, 6) is 1.03. The van der Waals surface area contributed by atoms with Crippen molar-refractivity contribution in [2.45, 2.75) is 12.8 Å². The van der Waals surface area contributed by atoms with Crippen LogP contribution in [0.1, 0.15) is 22.5 Å². The van der Waals surface area contributed by atoms with Crippen LogP contribution in [0.4, 0.5) is 0 Å². The van der Waals surface area contributed by atoms with Crippen molar-refractivity contribution in [3.63, 3.8) is 0 Å². The normalized spacial score (nSPS) is 16.3. The SMILES string of the molecule is NC1=[N+](CC(=O)c2cccs2)CCC1. The molecule has 1 aliphatic rings. The zero-order valence-corrected chi connectivity index (χ0v) is 8.72. The van der Waals surface area contributed by atoms with Crippen LogP contribution in [0, 0.1) is 0 Å². The van der Waals surface area contributed by atoms with E-state index in [1.165, 1.54) is 11.3 Å². The number of hydrogen-bond donors (Lipinski definition) is 1. The van der Waals surface area contributed by atoms with Gasteiger partial charge in [-0.15, -0.1) is 11.3 Å². The molecule has 0 spiro atoms. The molecule has 0 aliphatic carbocycles. The first kappa shape index (κ1) is 9.40. The smallest absolute Gasteiger partial charge is 0.243 e. The van der Waals surface area contributed by atoms with Gasteiger partial charge in [0, 0.05) is 0 Å². The second kappa shape index (κ2) is 3.92. The third kappa shape index (κ3) is 1.85. The summed E-state index contributed by atoms with van der Waals surface area (Å²) >= 11 is 1.49. The topological polar surface area (TPSA) is 46.1 Å².